The zero-order chi connectivity index (χ0) is 16.8. The van der Waals surface area contributed by atoms with Crippen LogP contribution < -0.4 is 10.6 Å². The Labute approximate surface area is 138 Å². The molecule has 0 radical (unpaired) electrons. The van der Waals surface area contributed by atoms with Gasteiger partial charge < -0.3 is 10.6 Å². The van der Waals surface area contributed by atoms with Crippen molar-refractivity contribution in [3.63, 3.8) is 0 Å². The third-order valence-corrected chi connectivity index (χ3v) is 4.04. The molecule has 1 unspecified atom stereocenters. The van der Waals surface area contributed by atoms with Gasteiger partial charge in [-0.05, 0) is 49.4 Å². The maximum absolute atomic E-state index is 12.9. The molecule has 23 heavy (non-hydrogen) atoms. The van der Waals surface area contributed by atoms with Crippen LogP contribution in [-0.4, -0.2) is 17.1 Å². The summed E-state index contributed by atoms with van der Waals surface area (Å²) in [6, 6.07) is 12.9. The minimum atomic E-state index is -0.347. The van der Waals surface area contributed by atoms with Gasteiger partial charge in [0.1, 0.15) is 5.82 Å². The van der Waals surface area contributed by atoms with Crippen molar-refractivity contribution < 1.29 is 14.0 Å². The molecule has 0 saturated heterocycles. The van der Waals surface area contributed by atoms with E-state index in [0.29, 0.717) is 11.4 Å². The molecule has 0 aliphatic rings. The zero-order valence-electron chi connectivity index (χ0n) is 12.8. The van der Waals surface area contributed by atoms with Gasteiger partial charge in [0.25, 0.3) is 0 Å². The van der Waals surface area contributed by atoms with Crippen molar-refractivity contribution in [3.05, 3.63) is 54.3 Å². The quantitative estimate of drug-likeness (QED) is 0.816. The van der Waals surface area contributed by atoms with E-state index in [-0.39, 0.29) is 22.9 Å². The van der Waals surface area contributed by atoms with Gasteiger partial charge in [-0.1, -0.05) is 6.07 Å². The van der Waals surface area contributed by atoms with Crippen LogP contribution in [0.1, 0.15) is 13.8 Å². The Bertz CT molecular complexity index is 704. The molecule has 120 valence electrons. The maximum atomic E-state index is 12.9. The van der Waals surface area contributed by atoms with Crippen LogP contribution in [0.3, 0.4) is 0 Å². The van der Waals surface area contributed by atoms with Crippen molar-refractivity contribution in [2.24, 2.45) is 0 Å². The summed E-state index contributed by atoms with van der Waals surface area (Å²) in [7, 11) is 0. The average molecular weight is 332 g/mol. The van der Waals surface area contributed by atoms with Crippen LogP contribution in [0.25, 0.3) is 0 Å². The van der Waals surface area contributed by atoms with Crippen LogP contribution in [0.15, 0.2) is 53.4 Å². The number of hydrogen-bond acceptors (Lipinski definition) is 3. The number of rotatable bonds is 5. The number of thioether (sulfide) groups is 1. The van der Waals surface area contributed by atoms with Crippen molar-refractivity contribution in [1.82, 2.24) is 0 Å². The summed E-state index contributed by atoms with van der Waals surface area (Å²) in [5, 5.41) is 5.10. The molecule has 0 saturated carbocycles. The fourth-order valence-electron chi connectivity index (χ4n) is 1.89. The SMILES string of the molecule is CC(=O)Nc1cccc(SC(C)C(=O)Nc2ccc(F)cc2)c1. The lowest BCUT2D eigenvalue weighted by molar-refractivity contribution is -0.115. The van der Waals surface area contributed by atoms with Crippen molar-refractivity contribution in [2.45, 2.75) is 24.0 Å². The number of carbonyl (C=O) groups is 2. The van der Waals surface area contributed by atoms with E-state index < -0.39 is 0 Å². The summed E-state index contributed by atoms with van der Waals surface area (Å²) >= 11 is 1.38. The number of benzene rings is 2. The number of amides is 2. The van der Waals surface area contributed by atoms with Crippen molar-refractivity contribution >= 4 is 35.0 Å². The predicted octanol–water partition coefficient (Wildman–Crippen LogP) is 3.90. The molecule has 0 spiro atoms. The molecule has 6 heteroatoms. The fraction of sp³-hybridized carbons (Fsp3) is 0.176. The molecule has 2 N–H and O–H groups in total. The summed E-state index contributed by atoms with van der Waals surface area (Å²) in [5.74, 6) is -0.666. The maximum Gasteiger partial charge on any atom is 0.237 e. The fourth-order valence-corrected chi connectivity index (χ4v) is 2.81. The van der Waals surface area contributed by atoms with Gasteiger partial charge in [0, 0.05) is 23.2 Å². The second-order valence-electron chi connectivity index (χ2n) is 4.97. The van der Waals surface area contributed by atoms with Gasteiger partial charge in [0.2, 0.25) is 11.8 Å². The molecule has 2 aromatic rings. The highest BCUT2D eigenvalue weighted by Crippen LogP contribution is 2.26. The van der Waals surface area contributed by atoms with Crippen molar-refractivity contribution in [3.8, 4) is 0 Å². The van der Waals surface area contributed by atoms with Crippen molar-refractivity contribution in [2.75, 3.05) is 10.6 Å². The van der Waals surface area contributed by atoms with Crippen LogP contribution in [0.4, 0.5) is 15.8 Å². The van der Waals surface area contributed by atoms with Gasteiger partial charge in [-0.15, -0.1) is 11.8 Å². The van der Waals surface area contributed by atoms with E-state index in [9.17, 15) is 14.0 Å². The first kappa shape index (κ1) is 17.0. The minimum Gasteiger partial charge on any atom is -0.326 e. The first-order valence-corrected chi connectivity index (χ1v) is 7.93. The van der Waals surface area contributed by atoms with Gasteiger partial charge >= 0.3 is 0 Å². The molecular weight excluding hydrogens is 315 g/mol. The number of nitrogens with one attached hydrogen (secondary N) is 2. The van der Waals surface area contributed by atoms with Crippen LogP contribution in [0.2, 0.25) is 0 Å². The molecule has 0 aliphatic heterocycles. The Balaban J connectivity index is 1.97. The van der Waals surface area contributed by atoms with E-state index in [2.05, 4.69) is 10.6 Å². The Kier molecular flexibility index (Phi) is 5.76. The highest BCUT2D eigenvalue weighted by Gasteiger charge is 2.15. The predicted molar refractivity (Wildman–Crippen MR) is 91.1 cm³/mol. The molecule has 2 amide bonds. The first-order valence-electron chi connectivity index (χ1n) is 7.05. The van der Waals surface area contributed by atoms with Crippen molar-refractivity contribution in [1.29, 1.82) is 0 Å². The minimum absolute atomic E-state index is 0.144. The number of anilines is 2. The third kappa shape index (κ3) is 5.41. The number of halogens is 1. The number of hydrogen-bond donors (Lipinski definition) is 2. The molecule has 0 aliphatic carbocycles. The lowest BCUT2D eigenvalue weighted by Gasteiger charge is -2.13. The summed E-state index contributed by atoms with van der Waals surface area (Å²) in [4.78, 5) is 24.1. The molecule has 0 fully saturated rings. The standard InChI is InChI=1S/C17H17FN2O2S/c1-11(17(22)20-14-8-6-13(18)7-9-14)23-16-5-3-4-15(10-16)19-12(2)21/h3-11H,1-2H3,(H,19,21)(H,20,22). The van der Waals surface area contributed by atoms with Crippen LogP contribution in [0, 0.1) is 5.82 Å². The smallest absolute Gasteiger partial charge is 0.237 e. The second kappa shape index (κ2) is 7.78. The van der Waals surface area contributed by atoms with E-state index in [1.807, 2.05) is 18.2 Å². The van der Waals surface area contributed by atoms with Crippen LogP contribution in [0.5, 0.6) is 0 Å². The lowest BCUT2D eigenvalue weighted by atomic mass is 10.3. The van der Waals surface area contributed by atoms with Gasteiger partial charge in [0.15, 0.2) is 0 Å². The molecule has 0 bridgehead atoms. The van der Waals surface area contributed by atoms with Crippen LogP contribution >= 0.6 is 11.8 Å². The van der Waals surface area contributed by atoms with E-state index in [4.69, 9.17) is 0 Å². The third-order valence-electron chi connectivity index (χ3n) is 2.95. The van der Waals surface area contributed by atoms with Gasteiger partial charge in [0.05, 0.1) is 5.25 Å². The largest absolute Gasteiger partial charge is 0.326 e. The Morgan fingerprint density at radius 1 is 1.04 bits per heavy atom. The summed E-state index contributed by atoms with van der Waals surface area (Å²) in [6.07, 6.45) is 0. The summed E-state index contributed by atoms with van der Waals surface area (Å²) in [6.45, 7) is 3.23. The zero-order valence-corrected chi connectivity index (χ0v) is 13.6. The van der Waals surface area contributed by atoms with Gasteiger partial charge in [-0.3, -0.25) is 9.59 Å². The second-order valence-corrected chi connectivity index (χ2v) is 6.38. The average Bonchev–Trinajstić information content (AvgIpc) is 2.49. The van der Waals surface area contributed by atoms with Gasteiger partial charge in [-0.2, -0.15) is 0 Å². The number of carbonyl (C=O) groups excluding carboxylic acids is 2. The van der Waals surface area contributed by atoms with E-state index >= 15 is 0 Å². The van der Waals surface area contributed by atoms with E-state index in [0.717, 1.165) is 4.90 Å². The Morgan fingerprint density at radius 3 is 2.39 bits per heavy atom. The summed E-state index contributed by atoms with van der Waals surface area (Å²) in [5.41, 5.74) is 1.24. The van der Waals surface area contributed by atoms with Gasteiger partial charge in [-0.25, -0.2) is 4.39 Å². The lowest BCUT2D eigenvalue weighted by Crippen LogP contribution is -2.22. The Hall–Kier alpha value is -2.34. The molecule has 2 aromatic carbocycles. The highest BCUT2D eigenvalue weighted by molar-refractivity contribution is 8.00. The first-order chi connectivity index (χ1) is 10.9. The molecule has 4 nitrogen and oxygen atoms in total. The topological polar surface area (TPSA) is 58.2 Å². The highest BCUT2D eigenvalue weighted by atomic mass is 32.2. The molecule has 0 aromatic heterocycles. The normalized spacial score (nSPS) is 11.6. The van der Waals surface area contributed by atoms with Crippen LogP contribution in [-0.2, 0) is 9.59 Å². The molecular formula is C17H17FN2O2S. The van der Waals surface area contributed by atoms with E-state index in [1.54, 1.807) is 13.0 Å². The molecule has 1 atom stereocenters. The van der Waals surface area contributed by atoms with E-state index in [1.165, 1.54) is 43.0 Å². The Morgan fingerprint density at radius 2 is 1.74 bits per heavy atom. The molecule has 2 rings (SSSR count). The summed E-state index contributed by atoms with van der Waals surface area (Å²) < 4.78 is 12.9. The monoisotopic (exact) mass is 332 g/mol. The molecule has 0 heterocycles.